The molecule has 0 spiro atoms. The largest absolute Gasteiger partial charge is 0.467 e. The first-order chi connectivity index (χ1) is 23.1. The molecule has 0 aromatic heterocycles. The highest BCUT2D eigenvalue weighted by Crippen LogP contribution is 2.78. The third kappa shape index (κ3) is 5.20. The van der Waals surface area contributed by atoms with Gasteiger partial charge >= 0.3 is 5.97 Å². The molecule has 0 radical (unpaired) electrons. The summed E-state index contributed by atoms with van der Waals surface area (Å²) in [6.07, 6.45) is 13.5. The normalized spacial score (nSPS) is 46.3. The second kappa shape index (κ2) is 12.5. The number of carbonyl (C=O) groups is 3. The molecule has 13 atom stereocenters. The standard InChI is InChI=1S/C45H73NO4/c1-26(2)30-17-21-45(35(47)25-29-24-32(41(29,8)9)38(48)46-37(27(3)4)39(49)50-13)23-22-43(11)31(36(30)45)14-15-34-42(10)19-16-28(5)40(6,7)33(42)18-20-44(34,43)12/h27-34,36-37H,1,14-25H2,2-13H3,(H,46,48)/t28-,29-,30-,31+,32+,33-,34+,36+,37-,42-,43+,44+,45+/m0/s1. The van der Waals surface area contributed by atoms with Gasteiger partial charge in [-0.25, -0.2) is 4.79 Å². The van der Waals surface area contributed by atoms with E-state index in [1.807, 2.05) is 13.8 Å². The van der Waals surface area contributed by atoms with Crippen LogP contribution in [-0.4, -0.2) is 30.8 Å². The van der Waals surface area contributed by atoms with Crippen LogP contribution in [0.4, 0.5) is 0 Å². The first-order valence-corrected chi connectivity index (χ1v) is 20.7. The number of methoxy groups -OCH3 is 1. The van der Waals surface area contributed by atoms with E-state index in [-0.39, 0.29) is 39.9 Å². The number of ketones is 1. The summed E-state index contributed by atoms with van der Waals surface area (Å²) in [5.41, 5.74) is 2.03. The molecule has 0 aliphatic heterocycles. The Morgan fingerprint density at radius 1 is 0.820 bits per heavy atom. The van der Waals surface area contributed by atoms with Gasteiger partial charge in [-0.2, -0.15) is 0 Å². The van der Waals surface area contributed by atoms with Crippen LogP contribution in [0.15, 0.2) is 12.2 Å². The molecule has 0 saturated heterocycles. The van der Waals surface area contributed by atoms with E-state index in [2.05, 4.69) is 74.2 Å². The second-order valence-electron chi connectivity index (χ2n) is 21.3. The van der Waals surface area contributed by atoms with E-state index in [4.69, 9.17) is 4.74 Å². The molecule has 282 valence electrons. The molecule has 6 rings (SSSR count). The van der Waals surface area contributed by atoms with Crippen molar-refractivity contribution < 1.29 is 19.1 Å². The van der Waals surface area contributed by atoms with Gasteiger partial charge in [0, 0.05) is 17.8 Å². The maximum atomic E-state index is 15.0. The van der Waals surface area contributed by atoms with Gasteiger partial charge in [0.2, 0.25) is 5.91 Å². The first-order valence-electron chi connectivity index (χ1n) is 20.7. The summed E-state index contributed by atoms with van der Waals surface area (Å²) in [5, 5.41) is 3.00. The number of hydrogen-bond donors (Lipinski definition) is 1. The predicted octanol–water partition coefficient (Wildman–Crippen LogP) is 10.2. The first kappa shape index (κ1) is 38.1. The van der Waals surface area contributed by atoms with Crippen LogP contribution in [0, 0.1) is 85.8 Å². The molecule has 0 aromatic carbocycles. The zero-order chi connectivity index (χ0) is 37.0. The van der Waals surface area contributed by atoms with E-state index in [1.54, 1.807) is 0 Å². The molecule has 0 heterocycles. The van der Waals surface area contributed by atoms with E-state index in [0.717, 1.165) is 37.0 Å². The number of carbonyl (C=O) groups excluding carboxylic acids is 3. The Bertz CT molecular complexity index is 1390. The van der Waals surface area contributed by atoms with Crippen molar-refractivity contribution in [2.24, 2.45) is 85.8 Å². The predicted molar refractivity (Wildman–Crippen MR) is 202 cm³/mol. The van der Waals surface area contributed by atoms with Crippen molar-refractivity contribution in [3.8, 4) is 0 Å². The summed E-state index contributed by atoms with van der Waals surface area (Å²) in [5.74, 6) is 3.60. The number of hydrogen-bond acceptors (Lipinski definition) is 4. The van der Waals surface area contributed by atoms with Gasteiger partial charge < -0.3 is 10.1 Å². The number of fused-ring (bicyclic) bond motifs is 7. The molecule has 6 fully saturated rings. The van der Waals surface area contributed by atoms with Crippen molar-refractivity contribution in [3.63, 3.8) is 0 Å². The van der Waals surface area contributed by atoms with Gasteiger partial charge in [-0.05, 0) is 152 Å². The second-order valence-corrected chi connectivity index (χ2v) is 21.3. The lowest BCUT2D eigenvalue weighted by molar-refractivity contribution is -0.240. The van der Waals surface area contributed by atoms with Crippen molar-refractivity contribution in [1.29, 1.82) is 0 Å². The number of esters is 1. The fourth-order valence-electron chi connectivity index (χ4n) is 14.9. The van der Waals surface area contributed by atoms with Crippen molar-refractivity contribution in [1.82, 2.24) is 5.32 Å². The van der Waals surface area contributed by atoms with Crippen LogP contribution in [0.3, 0.4) is 0 Å². The van der Waals surface area contributed by atoms with E-state index in [9.17, 15) is 9.59 Å². The van der Waals surface area contributed by atoms with E-state index in [0.29, 0.717) is 52.6 Å². The van der Waals surface area contributed by atoms with E-state index in [1.165, 1.54) is 57.6 Å². The van der Waals surface area contributed by atoms with Gasteiger partial charge in [-0.3, -0.25) is 9.59 Å². The van der Waals surface area contributed by atoms with Gasteiger partial charge in [0.25, 0.3) is 0 Å². The minimum Gasteiger partial charge on any atom is -0.467 e. The smallest absolute Gasteiger partial charge is 0.328 e. The van der Waals surface area contributed by atoms with Crippen LogP contribution < -0.4 is 5.32 Å². The maximum absolute atomic E-state index is 15.0. The van der Waals surface area contributed by atoms with Crippen LogP contribution in [0.5, 0.6) is 0 Å². The van der Waals surface area contributed by atoms with Crippen LogP contribution in [0.25, 0.3) is 0 Å². The number of Topliss-reactive ketones (excluding diaryl/α,β-unsaturated/α-hetero) is 1. The molecule has 6 aliphatic rings. The molecule has 1 amide bonds. The van der Waals surface area contributed by atoms with Crippen LogP contribution in [-0.2, 0) is 19.1 Å². The summed E-state index contributed by atoms with van der Waals surface area (Å²) in [6.45, 7) is 30.7. The third-order valence-electron chi connectivity index (χ3n) is 18.8. The zero-order valence-corrected chi connectivity index (χ0v) is 34.1. The highest BCUT2D eigenvalue weighted by atomic mass is 16.5. The summed E-state index contributed by atoms with van der Waals surface area (Å²) in [7, 11) is 1.37. The molecule has 6 saturated carbocycles. The minimum atomic E-state index is -0.652. The molecule has 0 bridgehead atoms. The summed E-state index contributed by atoms with van der Waals surface area (Å²) < 4.78 is 4.98. The summed E-state index contributed by atoms with van der Waals surface area (Å²) in [4.78, 5) is 40.9. The van der Waals surface area contributed by atoms with Crippen LogP contribution in [0.1, 0.15) is 153 Å². The average Bonchev–Trinajstić information content (AvgIpc) is 3.44. The maximum Gasteiger partial charge on any atom is 0.328 e. The third-order valence-corrected chi connectivity index (χ3v) is 18.8. The fraction of sp³-hybridized carbons (Fsp3) is 0.889. The molecule has 0 unspecified atom stereocenters. The number of allylic oxidation sites excluding steroid dienone is 1. The minimum absolute atomic E-state index is 0.0583. The van der Waals surface area contributed by atoms with E-state index >= 15 is 4.79 Å². The lowest BCUT2D eigenvalue weighted by Gasteiger charge is -2.73. The Kier molecular flexibility index (Phi) is 9.49. The van der Waals surface area contributed by atoms with Gasteiger partial charge in [0.05, 0.1) is 7.11 Å². The Labute approximate surface area is 305 Å². The quantitative estimate of drug-likeness (QED) is 0.203. The molecular weight excluding hydrogens is 618 g/mol. The van der Waals surface area contributed by atoms with Crippen molar-refractivity contribution >= 4 is 17.7 Å². The molecule has 5 nitrogen and oxygen atoms in total. The Balaban J connectivity index is 1.24. The Hall–Kier alpha value is -1.65. The number of ether oxygens (including phenoxy) is 1. The van der Waals surface area contributed by atoms with Crippen LogP contribution in [0.2, 0.25) is 0 Å². The Morgan fingerprint density at radius 2 is 1.50 bits per heavy atom. The molecular formula is C45H73NO4. The molecule has 50 heavy (non-hydrogen) atoms. The number of amides is 1. The lowest BCUT2D eigenvalue weighted by Crippen LogP contribution is -2.66. The molecule has 1 N–H and O–H groups in total. The van der Waals surface area contributed by atoms with Gasteiger partial charge in [-0.1, -0.05) is 81.4 Å². The Morgan fingerprint density at radius 3 is 2.10 bits per heavy atom. The molecule has 5 heteroatoms. The molecule has 0 aromatic rings. The molecule has 6 aliphatic carbocycles. The summed E-state index contributed by atoms with van der Waals surface area (Å²) >= 11 is 0. The fourth-order valence-corrected chi connectivity index (χ4v) is 14.9. The van der Waals surface area contributed by atoms with Gasteiger partial charge in [0.1, 0.15) is 11.8 Å². The van der Waals surface area contributed by atoms with Gasteiger partial charge in [0.15, 0.2) is 0 Å². The van der Waals surface area contributed by atoms with Crippen LogP contribution >= 0.6 is 0 Å². The number of nitrogens with one attached hydrogen (secondary N) is 1. The highest BCUT2D eigenvalue weighted by Gasteiger charge is 2.72. The van der Waals surface area contributed by atoms with E-state index < -0.39 is 12.0 Å². The van der Waals surface area contributed by atoms with Gasteiger partial charge in [-0.15, -0.1) is 0 Å². The van der Waals surface area contributed by atoms with Crippen molar-refractivity contribution in [2.45, 2.75) is 159 Å². The highest BCUT2D eigenvalue weighted by molar-refractivity contribution is 5.89. The lowest BCUT2D eigenvalue weighted by atomic mass is 9.31. The SMILES string of the molecule is C=C(C)[C@@H]1CC[C@]2(C(=O)C[C@@H]3C[C@H](C(=O)N[C@H](C(=O)OC)C(C)C)C3(C)C)CC[C@]3(C)[C@H](CC[C@@H]4[C@@]5(C)CC[C@H](C)C(C)(C)[C@@H]5CC[C@]43C)[C@@H]12. The zero-order valence-electron chi connectivity index (χ0n) is 34.1. The van der Waals surface area contributed by atoms with Crippen molar-refractivity contribution in [2.75, 3.05) is 7.11 Å². The van der Waals surface area contributed by atoms with Crippen molar-refractivity contribution in [3.05, 3.63) is 12.2 Å². The monoisotopic (exact) mass is 692 g/mol. The average molecular weight is 692 g/mol. The topological polar surface area (TPSA) is 72.5 Å². The number of rotatable bonds is 8. The summed E-state index contributed by atoms with van der Waals surface area (Å²) in [6, 6.07) is -0.652.